The first kappa shape index (κ1) is 12.6. The van der Waals surface area contributed by atoms with Crippen LogP contribution in [0.1, 0.15) is 35.0 Å². The molecule has 0 radical (unpaired) electrons. The van der Waals surface area contributed by atoms with Crippen molar-refractivity contribution in [1.29, 1.82) is 5.26 Å². The maximum Gasteiger partial charge on any atom is 0.134 e. The Morgan fingerprint density at radius 2 is 2.11 bits per heavy atom. The first-order valence-corrected chi connectivity index (χ1v) is 7.76. The predicted molar refractivity (Wildman–Crippen MR) is 81.7 cm³/mol. The molecule has 2 aromatic rings. The van der Waals surface area contributed by atoms with Gasteiger partial charge < -0.3 is 0 Å². The molecule has 1 aromatic heterocycles. The van der Waals surface area contributed by atoms with Crippen LogP contribution in [0.15, 0.2) is 34.1 Å². The highest BCUT2D eigenvalue weighted by atomic mass is 79.9. The lowest BCUT2D eigenvalue weighted by Crippen LogP contribution is -1.83. The average Bonchev–Trinajstić information content (AvgIpc) is 3.17. The molecule has 19 heavy (non-hydrogen) atoms. The molecular formula is C15H11BrN2S. The smallest absolute Gasteiger partial charge is 0.134 e. The first-order chi connectivity index (χ1) is 9.26. The van der Waals surface area contributed by atoms with E-state index in [0.29, 0.717) is 11.5 Å². The Morgan fingerprint density at radius 3 is 2.74 bits per heavy atom. The SMILES string of the molecule is N#C/C(=C\c1ccc(Br)cc1)c1nc(C2CC2)cs1. The van der Waals surface area contributed by atoms with Gasteiger partial charge in [0, 0.05) is 15.8 Å². The van der Waals surface area contributed by atoms with Crippen LogP contribution >= 0.6 is 27.3 Å². The van der Waals surface area contributed by atoms with Gasteiger partial charge in [-0.15, -0.1) is 11.3 Å². The van der Waals surface area contributed by atoms with Crippen LogP contribution in [-0.4, -0.2) is 4.98 Å². The summed E-state index contributed by atoms with van der Waals surface area (Å²) in [7, 11) is 0. The Balaban J connectivity index is 1.90. The molecule has 0 amide bonds. The molecule has 0 aliphatic heterocycles. The number of allylic oxidation sites excluding steroid dienone is 1. The largest absolute Gasteiger partial charge is 0.240 e. The van der Waals surface area contributed by atoms with Crippen molar-refractivity contribution in [1.82, 2.24) is 4.98 Å². The van der Waals surface area contributed by atoms with Gasteiger partial charge in [-0.1, -0.05) is 28.1 Å². The molecule has 0 saturated heterocycles. The number of thiazole rings is 1. The van der Waals surface area contributed by atoms with Crippen LogP contribution in [-0.2, 0) is 0 Å². The molecule has 0 N–H and O–H groups in total. The fourth-order valence-corrected chi connectivity index (χ4v) is 2.98. The van der Waals surface area contributed by atoms with Crippen molar-refractivity contribution >= 4 is 38.9 Å². The van der Waals surface area contributed by atoms with E-state index in [9.17, 15) is 5.26 Å². The van der Waals surface area contributed by atoms with E-state index in [1.807, 2.05) is 30.3 Å². The lowest BCUT2D eigenvalue weighted by atomic mass is 10.1. The molecule has 4 heteroatoms. The van der Waals surface area contributed by atoms with Crippen molar-refractivity contribution in [2.75, 3.05) is 0 Å². The van der Waals surface area contributed by atoms with E-state index < -0.39 is 0 Å². The molecule has 1 fully saturated rings. The van der Waals surface area contributed by atoms with Crippen LogP contribution < -0.4 is 0 Å². The van der Waals surface area contributed by atoms with E-state index in [4.69, 9.17) is 0 Å². The number of nitriles is 1. The molecule has 3 rings (SSSR count). The Bertz CT molecular complexity index is 660. The van der Waals surface area contributed by atoms with Gasteiger partial charge in [0.05, 0.1) is 11.3 Å². The number of hydrogen-bond acceptors (Lipinski definition) is 3. The first-order valence-electron chi connectivity index (χ1n) is 6.09. The fourth-order valence-electron chi connectivity index (χ4n) is 1.84. The van der Waals surface area contributed by atoms with Gasteiger partial charge in [-0.05, 0) is 36.6 Å². The second-order valence-corrected chi connectivity index (χ2v) is 6.35. The second kappa shape index (κ2) is 5.28. The maximum absolute atomic E-state index is 9.30. The fraction of sp³-hybridized carbons (Fsp3) is 0.200. The van der Waals surface area contributed by atoms with Crippen molar-refractivity contribution in [3.63, 3.8) is 0 Å². The summed E-state index contributed by atoms with van der Waals surface area (Å²) in [4.78, 5) is 4.58. The predicted octanol–water partition coefficient (Wildman–Crippen LogP) is 4.85. The van der Waals surface area contributed by atoms with Crippen LogP contribution in [0.2, 0.25) is 0 Å². The van der Waals surface area contributed by atoms with Crippen LogP contribution in [0, 0.1) is 11.3 Å². The summed E-state index contributed by atoms with van der Waals surface area (Å²) in [5, 5.41) is 12.2. The van der Waals surface area contributed by atoms with E-state index in [2.05, 4.69) is 32.4 Å². The molecule has 0 unspecified atom stereocenters. The third-order valence-corrected chi connectivity index (χ3v) is 4.47. The van der Waals surface area contributed by atoms with E-state index >= 15 is 0 Å². The lowest BCUT2D eigenvalue weighted by molar-refractivity contribution is 1.05. The topological polar surface area (TPSA) is 36.7 Å². The van der Waals surface area contributed by atoms with E-state index in [1.165, 1.54) is 12.8 Å². The highest BCUT2D eigenvalue weighted by Gasteiger charge is 2.26. The zero-order chi connectivity index (χ0) is 13.2. The van der Waals surface area contributed by atoms with Crippen LogP contribution in [0.3, 0.4) is 0 Å². The number of nitrogens with zero attached hydrogens (tertiary/aromatic N) is 2. The Hall–Kier alpha value is -1.44. The van der Waals surface area contributed by atoms with Crippen molar-refractivity contribution < 1.29 is 0 Å². The molecular weight excluding hydrogens is 320 g/mol. The summed E-state index contributed by atoms with van der Waals surface area (Å²) in [6.45, 7) is 0. The van der Waals surface area contributed by atoms with Gasteiger partial charge in [0.25, 0.3) is 0 Å². The van der Waals surface area contributed by atoms with Crippen molar-refractivity contribution in [2.45, 2.75) is 18.8 Å². The number of benzene rings is 1. The molecule has 1 aliphatic carbocycles. The minimum absolute atomic E-state index is 0.637. The number of hydrogen-bond donors (Lipinski definition) is 0. The van der Waals surface area contributed by atoms with E-state index in [1.54, 1.807) is 11.3 Å². The van der Waals surface area contributed by atoms with Crippen molar-refractivity contribution in [3.05, 3.63) is 50.4 Å². The third kappa shape index (κ3) is 2.94. The summed E-state index contributed by atoms with van der Waals surface area (Å²) in [5.41, 5.74) is 2.80. The van der Waals surface area contributed by atoms with Gasteiger partial charge in [0.1, 0.15) is 11.1 Å². The van der Waals surface area contributed by atoms with Gasteiger partial charge in [-0.3, -0.25) is 0 Å². The molecule has 0 spiro atoms. The molecule has 1 saturated carbocycles. The summed E-state index contributed by atoms with van der Waals surface area (Å²) >= 11 is 4.97. The zero-order valence-corrected chi connectivity index (χ0v) is 12.5. The quantitative estimate of drug-likeness (QED) is 0.754. The van der Waals surface area contributed by atoms with Gasteiger partial charge in [-0.25, -0.2) is 4.98 Å². The van der Waals surface area contributed by atoms with E-state index in [0.717, 1.165) is 20.7 Å². The molecule has 1 aromatic carbocycles. The number of halogens is 1. The summed E-state index contributed by atoms with van der Waals surface area (Å²) in [6.07, 6.45) is 4.37. The second-order valence-electron chi connectivity index (χ2n) is 4.57. The van der Waals surface area contributed by atoms with Crippen LogP contribution in [0.4, 0.5) is 0 Å². The standard InChI is InChI=1S/C15H11BrN2S/c16-13-5-1-10(2-6-13)7-12(8-17)15-18-14(9-19-15)11-3-4-11/h1-2,5-7,9,11H,3-4H2/b12-7+. The summed E-state index contributed by atoms with van der Waals surface area (Å²) in [5.74, 6) is 0.637. The van der Waals surface area contributed by atoms with E-state index in [-0.39, 0.29) is 0 Å². The molecule has 2 nitrogen and oxygen atoms in total. The van der Waals surface area contributed by atoms with Gasteiger partial charge in [-0.2, -0.15) is 5.26 Å². The Kier molecular flexibility index (Phi) is 3.50. The minimum Gasteiger partial charge on any atom is -0.240 e. The molecule has 1 aliphatic rings. The van der Waals surface area contributed by atoms with Crippen LogP contribution in [0.25, 0.3) is 11.6 Å². The molecule has 0 atom stereocenters. The Morgan fingerprint density at radius 1 is 1.37 bits per heavy atom. The summed E-state index contributed by atoms with van der Waals surface area (Å²) < 4.78 is 1.04. The van der Waals surface area contributed by atoms with Crippen molar-refractivity contribution in [2.24, 2.45) is 0 Å². The highest BCUT2D eigenvalue weighted by Crippen LogP contribution is 2.40. The zero-order valence-electron chi connectivity index (χ0n) is 10.1. The molecule has 1 heterocycles. The van der Waals surface area contributed by atoms with Gasteiger partial charge in [0.15, 0.2) is 0 Å². The average molecular weight is 331 g/mol. The van der Waals surface area contributed by atoms with Crippen molar-refractivity contribution in [3.8, 4) is 6.07 Å². The monoisotopic (exact) mass is 330 g/mol. The number of aromatic nitrogens is 1. The normalized spacial score (nSPS) is 15.3. The molecule has 94 valence electrons. The maximum atomic E-state index is 9.30. The lowest BCUT2D eigenvalue weighted by Gasteiger charge is -1.96. The Labute approximate surface area is 124 Å². The number of rotatable bonds is 3. The molecule has 0 bridgehead atoms. The minimum atomic E-state index is 0.637. The summed E-state index contributed by atoms with van der Waals surface area (Å²) in [6, 6.07) is 10.2. The third-order valence-electron chi connectivity index (χ3n) is 3.05. The van der Waals surface area contributed by atoms with Crippen LogP contribution in [0.5, 0.6) is 0 Å². The highest BCUT2D eigenvalue weighted by molar-refractivity contribution is 9.10. The van der Waals surface area contributed by atoms with Gasteiger partial charge in [0.2, 0.25) is 0 Å². The van der Waals surface area contributed by atoms with Gasteiger partial charge >= 0.3 is 0 Å².